The number of nitrogens with two attached hydrogens (primary N) is 1. The van der Waals surface area contributed by atoms with Gasteiger partial charge in [-0.05, 0) is 30.3 Å². The molecule has 1 amide bonds. The Bertz CT molecular complexity index is 880. The fourth-order valence-electron chi connectivity index (χ4n) is 2.02. The molecule has 3 rings (SSSR count). The van der Waals surface area contributed by atoms with E-state index in [-0.39, 0.29) is 11.4 Å². The van der Waals surface area contributed by atoms with Crippen molar-refractivity contribution >= 4 is 17.1 Å². The summed E-state index contributed by atoms with van der Waals surface area (Å²) in [7, 11) is 1.48. The lowest BCUT2D eigenvalue weighted by atomic mass is 10.1. The summed E-state index contributed by atoms with van der Waals surface area (Å²) in [6, 6.07) is 8.37. The van der Waals surface area contributed by atoms with E-state index in [0.29, 0.717) is 22.6 Å². The first-order valence-electron chi connectivity index (χ1n) is 6.39. The van der Waals surface area contributed by atoms with Crippen molar-refractivity contribution in [1.82, 2.24) is 15.0 Å². The molecule has 7 heteroatoms. The van der Waals surface area contributed by atoms with Crippen LogP contribution in [0.15, 0.2) is 36.5 Å². The van der Waals surface area contributed by atoms with Gasteiger partial charge in [0.2, 0.25) is 0 Å². The number of aromatic nitrogens is 3. The molecule has 0 unspecified atom stereocenters. The molecule has 0 aliphatic carbocycles. The highest BCUT2D eigenvalue weighted by Gasteiger charge is 2.09. The third kappa shape index (κ3) is 2.39. The molecular formula is C15H12N4O3. The van der Waals surface area contributed by atoms with Crippen molar-refractivity contribution in [2.75, 3.05) is 7.11 Å². The number of ether oxygens (including phenoxy) is 1. The second-order valence-electron chi connectivity index (χ2n) is 4.55. The number of carbonyl (C=O) groups excluding carboxylic acids is 1. The van der Waals surface area contributed by atoms with E-state index >= 15 is 0 Å². The molecule has 3 N–H and O–H groups in total. The standard InChI is InChI=1S/C15H12N4O3/c1-22-13-6-8(2-5-12(13)20)9-3-4-10-15(19-9)17-7-11(18-10)14(16)21/h2-7,20H,1H3,(H2,16,21). The number of phenols is 1. The molecule has 3 aromatic rings. The maximum Gasteiger partial charge on any atom is 0.268 e. The van der Waals surface area contributed by atoms with Crippen molar-refractivity contribution < 1.29 is 14.6 Å². The number of primary amides is 1. The van der Waals surface area contributed by atoms with E-state index in [9.17, 15) is 9.90 Å². The molecule has 2 aromatic heterocycles. The molecule has 0 fully saturated rings. The topological polar surface area (TPSA) is 111 Å². The Balaban J connectivity index is 2.09. The number of carbonyl (C=O) groups is 1. The van der Waals surface area contributed by atoms with Gasteiger partial charge in [-0.15, -0.1) is 0 Å². The number of fused-ring (bicyclic) bond motifs is 1. The molecule has 0 aliphatic rings. The van der Waals surface area contributed by atoms with Crippen LogP contribution in [-0.4, -0.2) is 33.1 Å². The monoisotopic (exact) mass is 296 g/mol. The third-order valence-electron chi connectivity index (χ3n) is 3.13. The number of pyridine rings is 1. The number of hydrogen-bond donors (Lipinski definition) is 2. The highest BCUT2D eigenvalue weighted by atomic mass is 16.5. The number of aromatic hydroxyl groups is 1. The maximum absolute atomic E-state index is 11.1. The highest BCUT2D eigenvalue weighted by molar-refractivity contribution is 5.92. The molecule has 0 atom stereocenters. The van der Waals surface area contributed by atoms with E-state index in [1.807, 2.05) is 0 Å². The Hall–Kier alpha value is -3.22. The molecule has 1 aromatic carbocycles. The van der Waals surface area contributed by atoms with Crippen LogP contribution in [0.25, 0.3) is 22.4 Å². The second kappa shape index (κ2) is 5.28. The van der Waals surface area contributed by atoms with Crippen molar-refractivity contribution in [3.63, 3.8) is 0 Å². The van der Waals surface area contributed by atoms with Gasteiger partial charge in [0.05, 0.1) is 19.0 Å². The molecule has 110 valence electrons. The SMILES string of the molecule is COc1cc(-c2ccc3nc(C(N)=O)cnc3n2)ccc1O. The Kier molecular flexibility index (Phi) is 3.30. The summed E-state index contributed by atoms with van der Waals surface area (Å²) in [4.78, 5) is 23.7. The summed E-state index contributed by atoms with van der Waals surface area (Å²) in [6.07, 6.45) is 1.29. The lowest BCUT2D eigenvalue weighted by Crippen LogP contribution is -2.13. The van der Waals surface area contributed by atoms with Crippen molar-refractivity contribution in [3.05, 3.63) is 42.2 Å². The molecule has 0 spiro atoms. The Morgan fingerprint density at radius 1 is 1.23 bits per heavy atom. The van der Waals surface area contributed by atoms with Crippen LogP contribution in [0.2, 0.25) is 0 Å². The van der Waals surface area contributed by atoms with Crippen molar-refractivity contribution in [2.24, 2.45) is 5.73 Å². The number of benzene rings is 1. The van der Waals surface area contributed by atoms with E-state index in [0.717, 1.165) is 5.56 Å². The van der Waals surface area contributed by atoms with Crippen molar-refractivity contribution in [3.8, 4) is 22.8 Å². The van der Waals surface area contributed by atoms with Gasteiger partial charge < -0.3 is 15.6 Å². The van der Waals surface area contributed by atoms with E-state index in [2.05, 4.69) is 15.0 Å². The molecule has 0 saturated carbocycles. The van der Waals surface area contributed by atoms with Gasteiger partial charge >= 0.3 is 0 Å². The van der Waals surface area contributed by atoms with Gasteiger partial charge in [0.15, 0.2) is 17.1 Å². The van der Waals surface area contributed by atoms with E-state index in [4.69, 9.17) is 10.5 Å². The van der Waals surface area contributed by atoms with Crippen LogP contribution >= 0.6 is 0 Å². The van der Waals surface area contributed by atoms with Crippen LogP contribution in [0.3, 0.4) is 0 Å². The van der Waals surface area contributed by atoms with Gasteiger partial charge in [0, 0.05) is 5.56 Å². The molecular weight excluding hydrogens is 284 g/mol. The fraction of sp³-hybridized carbons (Fsp3) is 0.0667. The zero-order chi connectivity index (χ0) is 15.7. The average Bonchev–Trinajstić information content (AvgIpc) is 2.54. The molecule has 0 radical (unpaired) electrons. The summed E-state index contributed by atoms with van der Waals surface area (Å²) in [5.74, 6) is -0.228. The number of hydrogen-bond acceptors (Lipinski definition) is 6. The first-order valence-corrected chi connectivity index (χ1v) is 6.39. The first kappa shape index (κ1) is 13.7. The van der Waals surface area contributed by atoms with Gasteiger partial charge in [-0.2, -0.15) is 0 Å². The van der Waals surface area contributed by atoms with E-state index in [1.54, 1.807) is 24.3 Å². The average molecular weight is 296 g/mol. The summed E-state index contributed by atoms with van der Waals surface area (Å²) in [6.45, 7) is 0. The molecule has 7 nitrogen and oxygen atoms in total. The minimum atomic E-state index is -0.637. The van der Waals surface area contributed by atoms with Gasteiger partial charge in [-0.25, -0.2) is 15.0 Å². The normalized spacial score (nSPS) is 10.6. The third-order valence-corrected chi connectivity index (χ3v) is 3.13. The summed E-state index contributed by atoms with van der Waals surface area (Å²) in [5, 5.41) is 9.62. The van der Waals surface area contributed by atoms with Gasteiger partial charge in [-0.3, -0.25) is 4.79 Å². The van der Waals surface area contributed by atoms with E-state index < -0.39 is 5.91 Å². The number of nitrogens with zero attached hydrogens (tertiary/aromatic N) is 3. The summed E-state index contributed by atoms with van der Waals surface area (Å²) >= 11 is 0. The maximum atomic E-state index is 11.1. The molecule has 22 heavy (non-hydrogen) atoms. The molecule has 0 aliphatic heterocycles. The van der Waals surface area contributed by atoms with Crippen LogP contribution in [0, 0.1) is 0 Å². The Labute approximate surface area is 125 Å². The predicted octanol–water partition coefficient (Wildman–Crippen LogP) is 1.50. The highest BCUT2D eigenvalue weighted by Crippen LogP contribution is 2.31. The predicted molar refractivity (Wildman–Crippen MR) is 79.5 cm³/mol. The van der Waals surface area contributed by atoms with Gasteiger partial charge in [0.1, 0.15) is 11.2 Å². The lowest BCUT2D eigenvalue weighted by Gasteiger charge is -2.07. The largest absolute Gasteiger partial charge is 0.504 e. The first-order chi connectivity index (χ1) is 10.6. The Morgan fingerprint density at radius 3 is 2.77 bits per heavy atom. The fourth-order valence-corrected chi connectivity index (χ4v) is 2.02. The van der Waals surface area contributed by atoms with Crippen LogP contribution in [0.4, 0.5) is 0 Å². The quantitative estimate of drug-likeness (QED) is 0.757. The zero-order valence-electron chi connectivity index (χ0n) is 11.6. The van der Waals surface area contributed by atoms with E-state index in [1.165, 1.54) is 19.4 Å². The second-order valence-corrected chi connectivity index (χ2v) is 4.55. The van der Waals surface area contributed by atoms with Crippen LogP contribution in [0.1, 0.15) is 10.5 Å². The van der Waals surface area contributed by atoms with Crippen LogP contribution < -0.4 is 10.5 Å². The van der Waals surface area contributed by atoms with Crippen LogP contribution in [-0.2, 0) is 0 Å². The van der Waals surface area contributed by atoms with Crippen molar-refractivity contribution in [2.45, 2.75) is 0 Å². The number of amides is 1. The number of phenolic OH excluding ortho intramolecular Hbond substituents is 1. The minimum Gasteiger partial charge on any atom is -0.504 e. The van der Waals surface area contributed by atoms with Crippen LogP contribution in [0.5, 0.6) is 11.5 Å². The summed E-state index contributed by atoms with van der Waals surface area (Å²) < 4.78 is 5.08. The number of rotatable bonds is 3. The number of methoxy groups -OCH3 is 1. The van der Waals surface area contributed by atoms with Gasteiger partial charge in [0.25, 0.3) is 5.91 Å². The smallest absolute Gasteiger partial charge is 0.268 e. The Morgan fingerprint density at radius 2 is 2.05 bits per heavy atom. The zero-order valence-corrected chi connectivity index (χ0v) is 11.6. The summed E-state index contributed by atoms with van der Waals surface area (Å²) in [5.41, 5.74) is 7.55. The minimum absolute atomic E-state index is 0.0536. The van der Waals surface area contributed by atoms with Crippen molar-refractivity contribution in [1.29, 1.82) is 0 Å². The molecule has 0 saturated heterocycles. The lowest BCUT2D eigenvalue weighted by molar-refractivity contribution is 0.0995. The van der Waals surface area contributed by atoms with Gasteiger partial charge in [-0.1, -0.05) is 0 Å². The molecule has 0 bridgehead atoms. The molecule has 2 heterocycles.